The molecule has 1 N–H and O–H groups in total. The second-order valence-electron chi connectivity index (χ2n) is 5.27. The predicted molar refractivity (Wildman–Crippen MR) is 71.0 cm³/mol. The van der Waals surface area contributed by atoms with Crippen molar-refractivity contribution < 1.29 is 14.3 Å². The number of carbonyl (C=O) groups excluding carboxylic acids is 1. The van der Waals surface area contributed by atoms with Crippen LogP contribution in [0.2, 0.25) is 0 Å². The fraction of sp³-hybridized carbons (Fsp3) is 0.533. The highest BCUT2D eigenvalue weighted by atomic mass is 16.6. The van der Waals surface area contributed by atoms with E-state index in [4.69, 9.17) is 9.47 Å². The van der Waals surface area contributed by atoms with Crippen molar-refractivity contribution in [2.45, 2.75) is 31.4 Å². The second-order valence-corrected chi connectivity index (χ2v) is 5.27. The van der Waals surface area contributed by atoms with Crippen LogP contribution in [0, 0.1) is 5.92 Å². The lowest BCUT2D eigenvalue weighted by Crippen LogP contribution is -2.38. The maximum Gasteiger partial charge on any atom is 0.252 e. The lowest BCUT2D eigenvalue weighted by atomic mass is 9.77. The molecule has 1 aliphatic carbocycles. The minimum Gasteiger partial charge on any atom is -0.497 e. The van der Waals surface area contributed by atoms with Gasteiger partial charge in [0.1, 0.15) is 5.75 Å². The van der Waals surface area contributed by atoms with E-state index in [9.17, 15) is 4.79 Å². The standard InChI is InChI=1S/C15H19NO3/c1-18-12-7-5-11(6-8-12)14(10-3-2-4-10)16-15(17)13-9-19-13/h5-8,10,13-14H,2-4,9H2,1H3,(H,16,17). The van der Waals surface area contributed by atoms with Gasteiger partial charge in [-0.1, -0.05) is 18.6 Å². The number of hydrogen-bond acceptors (Lipinski definition) is 3. The molecule has 1 amide bonds. The molecule has 0 radical (unpaired) electrons. The van der Waals surface area contributed by atoms with Gasteiger partial charge in [0.25, 0.3) is 5.91 Å². The van der Waals surface area contributed by atoms with Crippen LogP contribution in [0.4, 0.5) is 0 Å². The lowest BCUT2D eigenvalue weighted by Gasteiger charge is -2.34. The zero-order valence-corrected chi connectivity index (χ0v) is 11.1. The maximum atomic E-state index is 11.9. The highest BCUT2D eigenvalue weighted by Crippen LogP contribution is 2.38. The Labute approximate surface area is 113 Å². The topological polar surface area (TPSA) is 50.9 Å². The lowest BCUT2D eigenvalue weighted by molar-refractivity contribution is -0.123. The van der Waals surface area contributed by atoms with Crippen molar-refractivity contribution in [1.29, 1.82) is 0 Å². The largest absolute Gasteiger partial charge is 0.497 e. The average molecular weight is 261 g/mol. The molecular weight excluding hydrogens is 242 g/mol. The predicted octanol–water partition coefficient (Wildman–Crippen LogP) is 2.05. The van der Waals surface area contributed by atoms with Crippen molar-refractivity contribution in [3.05, 3.63) is 29.8 Å². The van der Waals surface area contributed by atoms with Crippen molar-refractivity contribution in [2.24, 2.45) is 5.92 Å². The fourth-order valence-electron chi connectivity index (χ4n) is 2.50. The van der Waals surface area contributed by atoms with E-state index in [1.165, 1.54) is 19.3 Å². The summed E-state index contributed by atoms with van der Waals surface area (Å²) in [5.74, 6) is 1.41. The van der Waals surface area contributed by atoms with E-state index in [0.717, 1.165) is 11.3 Å². The van der Waals surface area contributed by atoms with Crippen molar-refractivity contribution in [3.8, 4) is 5.75 Å². The minimum absolute atomic E-state index is 0.0210. The van der Waals surface area contributed by atoms with Gasteiger partial charge in [-0.3, -0.25) is 4.79 Å². The molecule has 1 aliphatic heterocycles. The van der Waals surface area contributed by atoms with Gasteiger partial charge in [-0.05, 0) is 36.5 Å². The molecule has 1 aromatic carbocycles. The summed E-state index contributed by atoms with van der Waals surface area (Å²) in [6.07, 6.45) is 3.40. The molecule has 0 bridgehead atoms. The van der Waals surface area contributed by atoms with Gasteiger partial charge in [0.05, 0.1) is 19.8 Å². The first-order valence-corrected chi connectivity index (χ1v) is 6.84. The number of benzene rings is 1. The highest BCUT2D eigenvalue weighted by molar-refractivity contribution is 5.83. The number of rotatable bonds is 5. The molecular formula is C15H19NO3. The SMILES string of the molecule is COc1ccc(C(NC(=O)C2CO2)C2CCC2)cc1. The molecule has 1 saturated carbocycles. The first-order valence-electron chi connectivity index (χ1n) is 6.84. The molecule has 4 nitrogen and oxygen atoms in total. The molecule has 1 aromatic rings. The molecule has 0 aromatic heterocycles. The van der Waals surface area contributed by atoms with Crippen molar-refractivity contribution in [1.82, 2.24) is 5.32 Å². The third-order valence-corrected chi connectivity index (χ3v) is 4.02. The number of epoxide rings is 1. The summed E-state index contributed by atoms with van der Waals surface area (Å²) in [4.78, 5) is 11.9. The van der Waals surface area contributed by atoms with E-state index in [1.807, 2.05) is 24.3 Å². The van der Waals surface area contributed by atoms with E-state index >= 15 is 0 Å². The van der Waals surface area contributed by atoms with Gasteiger partial charge in [0.15, 0.2) is 6.10 Å². The van der Waals surface area contributed by atoms with E-state index in [0.29, 0.717) is 12.5 Å². The normalized spacial score (nSPS) is 23.3. The number of methoxy groups -OCH3 is 1. The molecule has 2 fully saturated rings. The number of amides is 1. The minimum atomic E-state index is -0.221. The molecule has 102 valence electrons. The monoisotopic (exact) mass is 261 g/mol. The fourth-order valence-corrected chi connectivity index (χ4v) is 2.50. The van der Waals surface area contributed by atoms with Crippen molar-refractivity contribution in [3.63, 3.8) is 0 Å². The molecule has 3 rings (SSSR count). The Bertz CT molecular complexity index is 449. The summed E-state index contributed by atoms with van der Waals surface area (Å²) < 4.78 is 10.2. The molecule has 2 unspecified atom stereocenters. The third kappa shape index (κ3) is 2.73. The molecule has 1 saturated heterocycles. The van der Waals surface area contributed by atoms with Gasteiger partial charge in [-0.2, -0.15) is 0 Å². The van der Waals surface area contributed by atoms with Crippen molar-refractivity contribution >= 4 is 5.91 Å². The van der Waals surface area contributed by atoms with Gasteiger partial charge >= 0.3 is 0 Å². The summed E-state index contributed by atoms with van der Waals surface area (Å²) >= 11 is 0. The van der Waals surface area contributed by atoms with Crippen LogP contribution in [0.15, 0.2) is 24.3 Å². The molecule has 2 aliphatic rings. The van der Waals surface area contributed by atoms with Gasteiger partial charge in [0.2, 0.25) is 0 Å². The van der Waals surface area contributed by atoms with E-state index < -0.39 is 0 Å². The molecule has 19 heavy (non-hydrogen) atoms. The van der Waals surface area contributed by atoms with E-state index in [2.05, 4.69) is 5.32 Å². The van der Waals surface area contributed by atoms with Crippen LogP contribution in [0.1, 0.15) is 30.9 Å². The highest BCUT2D eigenvalue weighted by Gasteiger charge is 2.36. The van der Waals surface area contributed by atoms with Crippen molar-refractivity contribution in [2.75, 3.05) is 13.7 Å². The summed E-state index contributed by atoms with van der Waals surface area (Å²) in [5, 5.41) is 3.13. The summed E-state index contributed by atoms with van der Waals surface area (Å²) in [5.41, 5.74) is 1.15. The summed E-state index contributed by atoms with van der Waals surface area (Å²) in [6.45, 7) is 0.561. The third-order valence-electron chi connectivity index (χ3n) is 4.02. The van der Waals surface area contributed by atoms with Crippen LogP contribution in [0.25, 0.3) is 0 Å². The van der Waals surface area contributed by atoms with E-state index in [-0.39, 0.29) is 18.1 Å². The van der Waals surface area contributed by atoms with E-state index in [1.54, 1.807) is 7.11 Å². The number of nitrogens with one attached hydrogen (secondary N) is 1. The Kier molecular flexibility index (Phi) is 3.42. The zero-order chi connectivity index (χ0) is 13.2. The quantitative estimate of drug-likeness (QED) is 0.825. The Morgan fingerprint density at radius 3 is 2.53 bits per heavy atom. The van der Waals surface area contributed by atoms with Gasteiger partial charge < -0.3 is 14.8 Å². The van der Waals surface area contributed by atoms with Crippen LogP contribution >= 0.6 is 0 Å². The van der Waals surface area contributed by atoms with Gasteiger partial charge in [-0.25, -0.2) is 0 Å². The summed E-state index contributed by atoms with van der Waals surface area (Å²) in [7, 11) is 1.66. The molecule has 4 heteroatoms. The van der Waals surface area contributed by atoms with Gasteiger partial charge in [-0.15, -0.1) is 0 Å². The second kappa shape index (κ2) is 5.21. The van der Waals surface area contributed by atoms with Crippen LogP contribution in [-0.2, 0) is 9.53 Å². The van der Waals surface area contributed by atoms with Crippen LogP contribution in [0.5, 0.6) is 5.75 Å². The Morgan fingerprint density at radius 1 is 1.37 bits per heavy atom. The van der Waals surface area contributed by atoms with Crippen LogP contribution in [0.3, 0.4) is 0 Å². The number of carbonyl (C=O) groups is 1. The summed E-state index contributed by atoms with van der Waals surface area (Å²) in [6, 6.07) is 8.07. The Hall–Kier alpha value is -1.55. The molecule has 1 heterocycles. The van der Waals surface area contributed by atoms with Crippen LogP contribution in [-0.4, -0.2) is 25.7 Å². The molecule has 0 spiro atoms. The Morgan fingerprint density at radius 2 is 2.05 bits per heavy atom. The smallest absolute Gasteiger partial charge is 0.252 e. The maximum absolute atomic E-state index is 11.9. The number of ether oxygens (including phenoxy) is 2. The number of hydrogen-bond donors (Lipinski definition) is 1. The van der Waals surface area contributed by atoms with Crippen LogP contribution < -0.4 is 10.1 Å². The first kappa shape index (κ1) is 12.5. The first-order chi connectivity index (χ1) is 9.28. The Balaban J connectivity index is 1.74. The zero-order valence-electron chi connectivity index (χ0n) is 11.1. The average Bonchev–Trinajstić information content (AvgIpc) is 3.20. The molecule has 2 atom stereocenters. The van der Waals surface area contributed by atoms with Gasteiger partial charge in [0, 0.05) is 0 Å².